The van der Waals surface area contributed by atoms with Gasteiger partial charge in [0.2, 0.25) is 10.0 Å². The fourth-order valence-corrected chi connectivity index (χ4v) is 5.24. The number of sulfonamides is 1. The van der Waals surface area contributed by atoms with E-state index in [-0.39, 0.29) is 27.7 Å². The molecule has 0 spiro atoms. The van der Waals surface area contributed by atoms with E-state index < -0.39 is 21.9 Å². The highest BCUT2D eigenvalue weighted by Gasteiger charge is 2.29. The second-order valence-electron chi connectivity index (χ2n) is 7.93. The summed E-state index contributed by atoms with van der Waals surface area (Å²) in [6.45, 7) is 6.68. The van der Waals surface area contributed by atoms with E-state index in [1.165, 1.54) is 28.6 Å². The molecule has 32 heavy (non-hydrogen) atoms. The van der Waals surface area contributed by atoms with Crippen molar-refractivity contribution >= 4 is 39.2 Å². The largest absolute Gasteiger partial charge is 0.462 e. The lowest BCUT2D eigenvalue weighted by atomic mass is 10.0. The summed E-state index contributed by atoms with van der Waals surface area (Å²) in [5, 5.41) is 2.92. The first-order valence-electron chi connectivity index (χ1n) is 10.5. The van der Waals surface area contributed by atoms with Gasteiger partial charge in [-0.1, -0.05) is 24.6 Å². The number of piperidine rings is 1. The number of nitrogens with zero attached hydrogens (tertiary/aromatic N) is 1. The van der Waals surface area contributed by atoms with Crippen molar-refractivity contribution in [1.82, 2.24) is 4.31 Å². The molecule has 1 amide bonds. The number of anilines is 1. The second-order valence-corrected chi connectivity index (χ2v) is 10.3. The normalized spacial score (nSPS) is 15.4. The van der Waals surface area contributed by atoms with Crippen LogP contribution in [0.3, 0.4) is 0 Å². The number of hydrogen-bond donors (Lipinski definition) is 1. The van der Waals surface area contributed by atoms with E-state index in [0.29, 0.717) is 30.3 Å². The van der Waals surface area contributed by atoms with Crippen LogP contribution in [0, 0.1) is 12.8 Å². The van der Waals surface area contributed by atoms with Crippen molar-refractivity contribution in [3.63, 3.8) is 0 Å². The van der Waals surface area contributed by atoms with Crippen LogP contribution in [0.15, 0.2) is 41.3 Å². The fourth-order valence-electron chi connectivity index (χ4n) is 3.55. The highest BCUT2D eigenvalue weighted by atomic mass is 35.5. The maximum atomic E-state index is 13.1. The lowest BCUT2D eigenvalue weighted by Gasteiger charge is -2.29. The Morgan fingerprint density at radius 3 is 2.47 bits per heavy atom. The van der Waals surface area contributed by atoms with Crippen LogP contribution in [-0.4, -0.2) is 44.3 Å². The number of esters is 1. The van der Waals surface area contributed by atoms with E-state index in [1.54, 1.807) is 26.0 Å². The van der Waals surface area contributed by atoms with Crippen LogP contribution < -0.4 is 5.32 Å². The molecule has 0 radical (unpaired) electrons. The standard InChI is InChI=1S/C23H27ClN2O5S/c1-4-31-23(28)20-13-17(6-8-21(20)24)25-22(27)19-14-18(7-5-16(19)3)32(29,30)26-11-9-15(2)10-12-26/h5-8,13-15H,4,9-12H2,1-3H3,(H,25,27). The number of rotatable bonds is 6. The van der Waals surface area contributed by atoms with Crippen LogP contribution in [0.2, 0.25) is 5.02 Å². The molecule has 0 bridgehead atoms. The summed E-state index contributed by atoms with van der Waals surface area (Å²) >= 11 is 6.07. The SMILES string of the molecule is CCOC(=O)c1cc(NC(=O)c2cc(S(=O)(=O)N3CCC(C)CC3)ccc2C)ccc1Cl. The van der Waals surface area contributed by atoms with E-state index in [9.17, 15) is 18.0 Å². The summed E-state index contributed by atoms with van der Waals surface area (Å²) in [5.41, 5.74) is 1.36. The number of ether oxygens (including phenoxy) is 1. The molecule has 1 saturated heterocycles. The average molecular weight is 479 g/mol. The van der Waals surface area contributed by atoms with Gasteiger partial charge in [-0.15, -0.1) is 0 Å². The number of benzene rings is 2. The minimum atomic E-state index is -3.69. The Kier molecular flexibility index (Phi) is 7.59. The molecule has 0 aromatic heterocycles. The van der Waals surface area contributed by atoms with Crippen molar-refractivity contribution in [2.24, 2.45) is 5.92 Å². The average Bonchev–Trinajstić information content (AvgIpc) is 2.75. The van der Waals surface area contributed by atoms with Crippen LogP contribution in [0.25, 0.3) is 0 Å². The van der Waals surface area contributed by atoms with E-state index in [4.69, 9.17) is 16.3 Å². The Bertz CT molecular complexity index is 1130. The quantitative estimate of drug-likeness (QED) is 0.617. The Balaban J connectivity index is 1.85. The highest BCUT2D eigenvalue weighted by molar-refractivity contribution is 7.89. The minimum Gasteiger partial charge on any atom is -0.462 e. The van der Waals surface area contributed by atoms with Crippen LogP contribution >= 0.6 is 11.6 Å². The second kappa shape index (κ2) is 10.0. The van der Waals surface area contributed by atoms with Crippen molar-refractivity contribution in [2.75, 3.05) is 25.0 Å². The Hall–Kier alpha value is -2.42. The number of nitrogens with one attached hydrogen (secondary N) is 1. The summed E-state index contributed by atoms with van der Waals surface area (Å²) in [6, 6.07) is 9.05. The van der Waals surface area contributed by atoms with Crippen molar-refractivity contribution in [3.05, 3.63) is 58.1 Å². The molecular weight excluding hydrogens is 452 g/mol. The number of carbonyl (C=O) groups excluding carboxylic acids is 2. The van der Waals surface area contributed by atoms with Crippen molar-refractivity contribution < 1.29 is 22.7 Å². The monoisotopic (exact) mass is 478 g/mol. The van der Waals surface area contributed by atoms with Gasteiger partial charge in [0.15, 0.2) is 0 Å². The van der Waals surface area contributed by atoms with E-state index in [0.717, 1.165) is 12.8 Å². The smallest absolute Gasteiger partial charge is 0.339 e. The van der Waals surface area contributed by atoms with Gasteiger partial charge in [0, 0.05) is 24.3 Å². The van der Waals surface area contributed by atoms with Crippen LogP contribution in [-0.2, 0) is 14.8 Å². The van der Waals surface area contributed by atoms with Crippen LogP contribution in [0.5, 0.6) is 0 Å². The molecule has 1 N–H and O–H groups in total. The third kappa shape index (κ3) is 5.31. The predicted molar refractivity (Wildman–Crippen MR) is 124 cm³/mol. The summed E-state index contributed by atoms with van der Waals surface area (Å²) in [4.78, 5) is 25.1. The Morgan fingerprint density at radius 1 is 1.12 bits per heavy atom. The Morgan fingerprint density at radius 2 is 1.81 bits per heavy atom. The first-order valence-corrected chi connectivity index (χ1v) is 12.3. The molecule has 9 heteroatoms. The van der Waals surface area contributed by atoms with Crippen molar-refractivity contribution in [3.8, 4) is 0 Å². The molecule has 0 atom stereocenters. The Labute approximate surface area is 193 Å². The molecule has 1 aliphatic rings. The molecule has 2 aromatic carbocycles. The zero-order valence-corrected chi connectivity index (χ0v) is 19.9. The molecule has 7 nitrogen and oxygen atoms in total. The van der Waals surface area contributed by atoms with Gasteiger partial charge in [-0.05, 0) is 68.5 Å². The van der Waals surface area contributed by atoms with Gasteiger partial charge in [-0.2, -0.15) is 4.31 Å². The maximum absolute atomic E-state index is 13.1. The molecule has 0 aliphatic carbocycles. The molecule has 3 rings (SSSR count). The fraction of sp³-hybridized carbons (Fsp3) is 0.391. The number of aryl methyl sites for hydroxylation is 1. The van der Waals surface area contributed by atoms with Crippen molar-refractivity contribution in [2.45, 2.75) is 38.5 Å². The van der Waals surface area contributed by atoms with E-state index >= 15 is 0 Å². The lowest BCUT2D eigenvalue weighted by molar-refractivity contribution is 0.0526. The summed E-state index contributed by atoms with van der Waals surface area (Å²) in [7, 11) is -3.69. The predicted octanol–water partition coefficient (Wildman–Crippen LogP) is 4.50. The minimum absolute atomic E-state index is 0.0890. The number of halogens is 1. The zero-order chi connectivity index (χ0) is 23.5. The topological polar surface area (TPSA) is 92.8 Å². The molecule has 1 aliphatic heterocycles. The van der Waals surface area contributed by atoms with Gasteiger partial charge in [0.25, 0.3) is 5.91 Å². The number of carbonyl (C=O) groups is 2. The summed E-state index contributed by atoms with van der Waals surface area (Å²) < 4.78 is 32.6. The third-order valence-electron chi connectivity index (χ3n) is 5.55. The van der Waals surface area contributed by atoms with Gasteiger partial charge in [-0.25, -0.2) is 13.2 Å². The van der Waals surface area contributed by atoms with Gasteiger partial charge < -0.3 is 10.1 Å². The molecular formula is C23H27ClN2O5S. The highest BCUT2D eigenvalue weighted by Crippen LogP contribution is 2.26. The van der Waals surface area contributed by atoms with Crippen LogP contribution in [0.4, 0.5) is 5.69 Å². The molecule has 0 saturated carbocycles. The van der Waals surface area contributed by atoms with Crippen molar-refractivity contribution in [1.29, 1.82) is 0 Å². The molecule has 2 aromatic rings. The van der Waals surface area contributed by atoms with Crippen LogP contribution in [0.1, 0.15) is 53.0 Å². The first-order chi connectivity index (χ1) is 15.1. The van der Waals surface area contributed by atoms with Gasteiger partial charge in [0.05, 0.1) is 22.1 Å². The van der Waals surface area contributed by atoms with E-state index in [1.807, 2.05) is 0 Å². The number of hydrogen-bond acceptors (Lipinski definition) is 5. The van der Waals surface area contributed by atoms with Gasteiger partial charge in [-0.3, -0.25) is 4.79 Å². The lowest BCUT2D eigenvalue weighted by Crippen LogP contribution is -2.38. The molecule has 1 fully saturated rings. The molecule has 172 valence electrons. The maximum Gasteiger partial charge on any atom is 0.339 e. The molecule has 1 heterocycles. The third-order valence-corrected chi connectivity index (χ3v) is 7.78. The van der Waals surface area contributed by atoms with E-state index in [2.05, 4.69) is 12.2 Å². The van der Waals surface area contributed by atoms with Gasteiger partial charge in [0.1, 0.15) is 0 Å². The first kappa shape index (κ1) is 24.2. The van der Waals surface area contributed by atoms with Gasteiger partial charge >= 0.3 is 5.97 Å². The summed E-state index contributed by atoms with van der Waals surface area (Å²) in [6.07, 6.45) is 1.63. The zero-order valence-electron chi connectivity index (χ0n) is 18.4. The number of amides is 1. The summed E-state index contributed by atoms with van der Waals surface area (Å²) in [5.74, 6) is -0.572. The molecule has 0 unspecified atom stereocenters.